The lowest BCUT2D eigenvalue weighted by Gasteiger charge is -2.50. The summed E-state index contributed by atoms with van der Waals surface area (Å²) in [5, 5.41) is 16.6. The summed E-state index contributed by atoms with van der Waals surface area (Å²) in [6, 6.07) is 10.2. The van der Waals surface area contributed by atoms with Crippen molar-refractivity contribution in [3.8, 4) is 0 Å². The molecule has 0 bridgehead atoms. The number of hydrogen-bond donors (Lipinski definition) is 2. The van der Waals surface area contributed by atoms with Gasteiger partial charge in [-0.1, -0.05) is 12.1 Å². The average molecular weight is 568 g/mol. The summed E-state index contributed by atoms with van der Waals surface area (Å²) in [7, 11) is 1.69. The van der Waals surface area contributed by atoms with Crippen molar-refractivity contribution in [2.45, 2.75) is 63.2 Å². The molecule has 0 radical (unpaired) electrons. The molecule has 2 aliphatic heterocycles. The number of rotatable bonds is 6. The lowest BCUT2D eigenvalue weighted by molar-refractivity contribution is -0.138. The molecule has 1 saturated heterocycles. The molecule has 6 rings (SSSR count). The zero-order valence-electron chi connectivity index (χ0n) is 23.7. The van der Waals surface area contributed by atoms with E-state index in [1.54, 1.807) is 19.2 Å². The molecule has 10 heteroatoms. The normalized spacial score (nSPS) is 21.4. The largest absolute Gasteiger partial charge is 0.416 e. The third kappa shape index (κ3) is 4.46. The number of amidine groups is 1. The number of carbonyl (C=O) groups is 1. The van der Waals surface area contributed by atoms with Crippen LogP contribution in [0, 0.1) is 16.2 Å². The van der Waals surface area contributed by atoms with E-state index in [9.17, 15) is 18.0 Å². The van der Waals surface area contributed by atoms with E-state index in [4.69, 9.17) is 15.6 Å². The Morgan fingerprint density at radius 1 is 1.10 bits per heavy atom. The molecule has 2 heterocycles. The topological polar surface area (TPSA) is 83.7 Å². The van der Waals surface area contributed by atoms with Crippen molar-refractivity contribution in [1.82, 2.24) is 9.80 Å². The molecule has 41 heavy (non-hydrogen) atoms. The lowest BCUT2D eigenvalue weighted by Crippen LogP contribution is -2.53. The first-order valence-corrected chi connectivity index (χ1v) is 14.1. The van der Waals surface area contributed by atoms with Gasteiger partial charge in [0.05, 0.1) is 37.1 Å². The summed E-state index contributed by atoms with van der Waals surface area (Å²) in [4.78, 5) is 18.9. The molecule has 1 amide bonds. The average Bonchev–Trinajstić information content (AvgIpc) is 3.67. The van der Waals surface area contributed by atoms with Crippen LogP contribution in [0.5, 0.6) is 0 Å². The Hall–Kier alpha value is -3.24. The van der Waals surface area contributed by atoms with Gasteiger partial charge in [0, 0.05) is 36.9 Å². The molecule has 2 aromatic rings. The molecule has 0 aromatic heterocycles. The predicted octanol–water partition coefficient (Wildman–Crippen LogP) is 5.76. The maximum Gasteiger partial charge on any atom is 0.416 e. The van der Waals surface area contributed by atoms with Crippen LogP contribution in [0.15, 0.2) is 36.4 Å². The fourth-order valence-electron chi connectivity index (χ4n) is 7.17. The van der Waals surface area contributed by atoms with Crippen LogP contribution in [0.1, 0.15) is 72.1 Å². The highest BCUT2D eigenvalue weighted by Gasteiger charge is 2.63. The van der Waals surface area contributed by atoms with Crippen LogP contribution in [-0.2, 0) is 28.4 Å². The van der Waals surface area contributed by atoms with Gasteiger partial charge in [-0.2, -0.15) is 13.2 Å². The second-order valence-corrected chi connectivity index (χ2v) is 12.7. The van der Waals surface area contributed by atoms with Gasteiger partial charge in [0.25, 0.3) is 5.91 Å². The van der Waals surface area contributed by atoms with Gasteiger partial charge in [-0.3, -0.25) is 20.5 Å². The number of halogens is 3. The first-order chi connectivity index (χ1) is 19.3. The number of hydrogen-bond acceptors (Lipinski definition) is 5. The van der Waals surface area contributed by atoms with Gasteiger partial charge in [0.1, 0.15) is 5.84 Å². The number of carbonyl (C=O) groups excluding carboxylic acids is 1. The molecular weight excluding hydrogens is 531 g/mol. The fourth-order valence-corrected chi connectivity index (χ4v) is 7.17. The van der Waals surface area contributed by atoms with Gasteiger partial charge in [-0.15, -0.1) is 0 Å². The molecule has 218 valence electrons. The number of alkyl halides is 3. The van der Waals surface area contributed by atoms with Gasteiger partial charge in [-0.25, -0.2) is 0 Å². The number of amides is 1. The molecule has 2 saturated carbocycles. The van der Waals surface area contributed by atoms with Gasteiger partial charge in [0.15, 0.2) is 0 Å². The van der Waals surface area contributed by atoms with E-state index in [1.807, 2.05) is 32.0 Å². The number of likely N-dealkylation sites (N-methyl/N-ethyl adjacent to an activating group) is 1. The number of nitrogens with one attached hydrogen (secondary N) is 2. The summed E-state index contributed by atoms with van der Waals surface area (Å²) >= 11 is 0. The second kappa shape index (κ2) is 9.39. The van der Waals surface area contributed by atoms with Gasteiger partial charge in [-0.05, 0) is 85.9 Å². The second-order valence-electron chi connectivity index (χ2n) is 12.7. The minimum absolute atomic E-state index is 0.000929. The monoisotopic (exact) mass is 567 g/mol. The third-order valence-corrected chi connectivity index (χ3v) is 9.88. The minimum atomic E-state index is -4.61. The summed E-state index contributed by atoms with van der Waals surface area (Å²) in [6.07, 6.45) is 0.361. The zero-order valence-corrected chi connectivity index (χ0v) is 23.7. The van der Waals surface area contributed by atoms with Gasteiger partial charge < -0.3 is 14.5 Å². The molecule has 7 nitrogen and oxygen atoms in total. The molecule has 2 aromatic carbocycles. The standard InChI is InChI=1S/C31H36F3N5O2/c1-28(2,38-9-11-41-12-10-38)21-14-23-24(25(15-21)31(32,33)34)16-39(26(23)40)22-6-4-5-20(13-22)30(27(36)37(3)19-35)17-29(18-30)7-8-29/h4-6,13-15,19,35-36H,7-12,16-18H2,1-3H3. The van der Waals surface area contributed by atoms with E-state index in [0.29, 0.717) is 43.4 Å². The number of benzene rings is 2. The summed E-state index contributed by atoms with van der Waals surface area (Å²) in [6.45, 7) is 5.85. The van der Waals surface area contributed by atoms with Crippen LogP contribution in [-0.4, -0.2) is 61.2 Å². The van der Waals surface area contributed by atoms with Gasteiger partial charge >= 0.3 is 6.18 Å². The van der Waals surface area contributed by atoms with Crippen molar-refractivity contribution < 1.29 is 22.7 Å². The van der Waals surface area contributed by atoms with Crippen LogP contribution in [0.2, 0.25) is 0 Å². The molecule has 4 aliphatic rings. The minimum Gasteiger partial charge on any atom is -0.379 e. The fraction of sp³-hybridized carbons (Fsp3) is 0.516. The van der Waals surface area contributed by atoms with E-state index in [-0.39, 0.29) is 23.1 Å². The number of anilines is 1. The van der Waals surface area contributed by atoms with Crippen LogP contribution in [0.4, 0.5) is 18.9 Å². The summed E-state index contributed by atoms with van der Waals surface area (Å²) in [5.41, 5.74) is 0.112. The summed E-state index contributed by atoms with van der Waals surface area (Å²) in [5.74, 6) is -0.122. The maximum atomic E-state index is 14.5. The molecule has 2 N–H and O–H groups in total. The van der Waals surface area contributed by atoms with E-state index >= 15 is 0 Å². The Balaban J connectivity index is 1.37. The smallest absolute Gasteiger partial charge is 0.379 e. The highest BCUT2D eigenvalue weighted by molar-refractivity contribution is 6.10. The first kappa shape index (κ1) is 27.9. The predicted molar refractivity (Wildman–Crippen MR) is 151 cm³/mol. The van der Waals surface area contributed by atoms with Crippen molar-refractivity contribution in [1.29, 1.82) is 10.8 Å². The van der Waals surface area contributed by atoms with Crippen LogP contribution >= 0.6 is 0 Å². The van der Waals surface area contributed by atoms with Crippen molar-refractivity contribution in [3.63, 3.8) is 0 Å². The quantitative estimate of drug-likeness (QED) is 0.344. The van der Waals surface area contributed by atoms with Gasteiger partial charge in [0.2, 0.25) is 0 Å². The van der Waals surface area contributed by atoms with Crippen LogP contribution < -0.4 is 4.90 Å². The molecule has 3 fully saturated rings. The first-order valence-electron chi connectivity index (χ1n) is 14.1. The molecule has 0 unspecified atom stereocenters. The van der Waals surface area contributed by atoms with Crippen molar-refractivity contribution in [2.75, 3.05) is 38.3 Å². The van der Waals surface area contributed by atoms with E-state index in [0.717, 1.165) is 37.6 Å². The molecule has 1 spiro atoms. The SMILES string of the molecule is CN(C=N)C(=N)C1(c2cccc(N3Cc4c(cc(C(C)(C)N5CCOCC5)cc4C(F)(F)F)C3=O)c2)CC2(CC2)C1. The summed E-state index contributed by atoms with van der Waals surface area (Å²) < 4.78 is 48.8. The van der Waals surface area contributed by atoms with Crippen LogP contribution in [0.25, 0.3) is 0 Å². The third-order valence-electron chi connectivity index (χ3n) is 9.88. The van der Waals surface area contributed by atoms with E-state index < -0.39 is 28.6 Å². The number of fused-ring (bicyclic) bond motifs is 1. The lowest BCUT2D eigenvalue weighted by atomic mass is 9.55. The van der Waals surface area contributed by atoms with Crippen molar-refractivity contribution in [3.05, 3.63) is 64.2 Å². The molecule has 2 aliphatic carbocycles. The van der Waals surface area contributed by atoms with E-state index in [2.05, 4.69) is 4.90 Å². The Labute approximate surface area is 238 Å². The Morgan fingerprint density at radius 2 is 1.78 bits per heavy atom. The number of ether oxygens (including phenoxy) is 1. The van der Waals surface area contributed by atoms with Crippen molar-refractivity contribution in [2.24, 2.45) is 5.41 Å². The van der Waals surface area contributed by atoms with Crippen LogP contribution in [0.3, 0.4) is 0 Å². The van der Waals surface area contributed by atoms with Crippen molar-refractivity contribution >= 4 is 23.8 Å². The maximum absolute atomic E-state index is 14.5. The highest BCUT2D eigenvalue weighted by Crippen LogP contribution is 2.69. The number of morpholine rings is 1. The Kier molecular flexibility index (Phi) is 6.39. The molecule has 0 atom stereocenters. The molecular formula is C31H36F3N5O2. The Morgan fingerprint density at radius 3 is 2.39 bits per heavy atom. The zero-order chi connectivity index (χ0) is 29.4. The highest BCUT2D eigenvalue weighted by atomic mass is 19.4. The van der Waals surface area contributed by atoms with E-state index in [1.165, 1.54) is 15.9 Å². The Bertz CT molecular complexity index is 1420. The number of nitrogens with zero attached hydrogens (tertiary/aromatic N) is 3.